The fourth-order valence-electron chi connectivity index (χ4n) is 2.69. The van der Waals surface area contributed by atoms with Gasteiger partial charge < -0.3 is 10.6 Å². The highest BCUT2D eigenvalue weighted by Gasteiger charge is 2.33. The van der Waals surface area contributed by atoms with E-state index >= 15 is 0 Å². The number of likely N-dealkylation sites (N-methyl/N-ethyl adjacent to an activating group) is 1. The zero-order valence-corrected chi connectivity index (χ0v) is 13.2. The van der Waals surface area contributed by atoms with Crippen LogP contribution in [0.25, 0.3) is 0 Å². The quantitative estimate of drug-likeness (QED) is 0.891. The van der Waals surface area contributed by atoms with E-state index in [-0.39, 0.29) is 18.0 Å². The molecule has 2 N–H and O–H groups in total. The van der Waals surface area contributed by atoms with Gasteiger partial charge in [0.2, 0.25) is 5.91 Å². The van der Waals surface area contributed by atoms with Gasteiger partial charge in [-0.15, -0.1) is 0 Å². The highest BCUT2D eigenvalue weighted by atomic mass is 79.9. The molecule has 1 heterocycles. The molecule has 0 aromatic heterocycles. The van der Waals surface area contributed by atoms with Crippen molar-refractivity contribution in [1.82, 2.24) is 4.90 Å². The smallest absolute Gasteiger partial charge is 0.223 e. The van der Waals surface area contributed by atoms with E-state index in [4.69, 9.17) is 17.3 Å². The van der Waals surface area contributed by atoms with Crippen molar-refractivity contribution < 1.29 is 4.79 Å². The Labute approximate surface area is 127 Å². The minimum Gasteiger partial charge on any atom is -0.334 e. The molecule has 104 valence electrons. The Bertz CT molecular complexity index is 481. The number of hydrogen-bond acceptors (Lipinski definition) is 2. The fraction of sp³-hybridized carbons (Fsp3) is 0.500. The minimum atomic E-state index is -0.134. The summed E-state index contributed by atoms with van der Waals surface area (Å²) in [5, 5.41) is 0.664. The maximum atomic E-state index is 12.2. The van der Waals surface area contributed by atoms with Gasteiger partial charge in [0.15, 0.2) is 0 Å². The predicted octanol–water partition coefficient (Wildman–Crippen LogP) is 3.50. The molecule has 19 heavy (non-hydrogen) atoms. The Morgan fingerprint density at radius 1 is 1.53 bits per heavy atom. The molecular formula is C14H18BrClN2O. The summed E-state index contributed by atoms with van der Waals surface area (Å²) in [4.78, 5) is 14.0. The van der Waals surface area contributed by atoms with Gasteiger partial charge in [-0.1, -0.05) is 27.5 Å². The lowest BCUT2D eigenvalue weighted by Crippen LogP contribution is -2.42. The molecule has 1 aliphatic rings. The van der Waals surface area contributed by atoms with E-state index in [1.165, 1.54) is 0 Å². The summed E-state index contributed by atoms with van der Waals surface area (Å²) >= 11 is 9.76. The summed E-state index contributed by atoms with van der Waals surface area (Å²) in [5.41, 5.74) is 7.22. The SMILES string of the molecule is CCN1C(=O)CCCC(N)C1c1cc(Br)ccc1Cl. The Morgan fingerprint density at radius 2 is 2.26 bits per heavy atom. The second-order valence-electron chi connectivity index (χ2n) is 4.85. The Hall–Kier alpha value is -0.580. The summed E-state index contributed by atoms with van der Waals surface area (Å²) in [6, 6.07) is 5.50. The number of carbonyl (C=O) groups excluding carboxylic acids is 1. The van der Waals surface area contributed by atoms with Crippen LogP contribution in [0.3, 0.4) is 0 Å². The molecule has 1 fully saturated rings. The molecular weight excluding hydrogens is 328 g/mol. The van der Waals surface area contributed by atoms with Crippen LogP contribution in [0.5, 0.6) is 0 Å². The van der Waals surface area contributed by atoms with Gasteiger partial charge >= 0.3 is 0 Å². The highest BCUT2D eigenvalue weighted by molar-refractivity contribution is 9.10. The van der Waals surface area contributed by atoms with Gasteiger partial charge in [0.05, 0.1) is 6.04 Å². The van der Waals surface area contributed by atoms with E-state index in [0.717, 1.165) is 22.9 Å². The van der Waals surface area contributed by atoms with Crippen molar-refractivity contribution in [2.75, 3.05) is 6.54 Å². The lowest BCUT2D eigenvalue weighted by atomic mass is 9.96. The normalized spacial score (nSPS) is 24.4. The zero-order valence-electron chi connectivity index (χ0n) is 10.9. The molecule has 3 nitrogen and oxygen atoms in total. The van der Waals surface area contributed by atoms with Gasteiger partial charge in [0.25, 0.3) is 0 Å². The molecule has 1 amide bonds. The van der Waals surface area contributed by atoms with E-state index < -0.39 is 0 Å². The first kappa shape index (κ1) is 14.8. The van der Waals surface area contributed by atoms with Gasteiger partial charge in [-0.2, -0.15) is 0 Å². The lowest BCUT2D eigenvalue weighted by molar-refractivity contribution is -0.133. The third-order valence-corrected chi connectivity index (χ3v) is 4.44. The number of rotatable bonds is 2. The average molecular weight is 346 g/mol. The fourth-order valence-corrected chi connectivity index (χ4v) is 3.30. The van der Waals surface area contributed by atoms with Crippen molar-refractivity contribution in [3.8, 4) is 0 Å². The molecule has 0 saturated carbocycles. The topological polar surface area (TPSA) is 46.3 Å². The molecule has 0 aliphatic carbocycles. The second kappa shape index (κ2) is 6.25. The van der Waals surface area contributed by atoms with E-state index in [0.29, 0.717) is 18.0 Å². The number of hydrogen-bond donors (Lipinski definition) is 1. The van der Waals surface area contributed by atoms with Gasteiger partial charge in [-0.3, -0.25) is 4.79 Å². The number of carbonyl (C=O) groups is 1. The number of likely N-dealkylation sites (tertiary alicyclic amines) is 1. The molecule has 1 aliphatic heterocycles. The van der Waals surface area contributed by atoms with Crippen LogP contribution in [0.15, 0.2) is 22.7 Å². The van der Waals surface area contributed by atoms with Gasteiger partial charge in [-0.05, 0) is 43.5 Å². The van der Waals surface area contributed by atoms with Crippen LogP contribution in [0.2, 0.25) is 5.02 Å². The van der Waals surface area contributed by atoms with Crippen molar-refractivity contribution in [1.29, 1.82) is 0 Å². The Kier molecular flexibility index (Phi) is 4.87. The summed E-state index contributed by atoms with van der Waals surface area (Å²) < 4.78 is 0.951. The van der Waals surface area contributed by atoms with Gasteiger partial charge in [-0.25, -0.2) is 0 Å². The molecule has 0 bridgehead atoms. The number of benzene rings is 1. The molecule has 2 unspecified atom stereocenters. The lowest BCUT2D eigenvalue weighted by Gasteiger charge is -2.33. The van der Waals surface area contributed by atoms with Crippen LogP contribution in [0, 0.1) is 0 Å². The zero-order chi connectivity index (χ0) is 14.0. The maximum Gasteiger partial charge on any atom is 0.223 e. The highest BCUT2D eigenvalue weighted by Crippen LogP contribution is 2.35. The standard InChI is InChI=1S/C14H18BrClN2O/c1-2-18-13(19)5-3-4-12(17)14(18)10-8-9(15)6-7-11(10)16/h6-8,12,14H,2-5,17H2,1H3. The second-order valence-corrected chi connectivity index (χ2v) is 6.17. The summed E-state index contributed by atoms with van der Waals surface area (Å²) in [5.74, 6) is 0.163. The molecule has 1 aromatic carbocycles. The number of amides is 1. The van der Waals surface area contributed by atoms with Crippen molar-refractivity contribution in [2.24, 2.45) is 5.73 Å². The number of halogens is 2. The van der Waals surface area contributed by atoms with Crippen molar-refractivity contribution in [3.05, 3.63) is 33.3 Å². The van der Waals surface area contributed by atoms with Crippen molar-refractivity contribution >= 4 is 33.4 Å². The van der Waals surface area contributed by atoms with Crippen LogP contribution in [-0.2, 0) is 4.79 Å². The third-order valence-electron chi connectivity index (χ3n) is 3.61. The van der Waals surface area contributed by atoms with Crippen LogP contribution >= 0.6 is 27.5 Å². The first-order valence-electron chi connectivity index (χ1n) is 6.54. The molecule has 5 heteroatoms. The molecule has 2 atom stereocenters. The first-order valence-corrected chi connectivity index (χ1v) is 7.71. The molecule has 0 radical (unpaired) electrons. The summed E-state index contributed by atoms with van der Waals surface area (Å²) in [6.07, 6.45) is 2.26. The predicted molar refractivity (Wildman–Crippen MR) is 81.1 cm³/mol. The molecule has 2 rings (SSSR count). The van der Waals surface area contributed by atoms with Crippen LogP contribution in [0.1, 0.15) is 37.8 Å². The maximum absolute atomic E-state index is 12.2. The van der Waals surface area contributed by atoms with Gasteiger partial charge in [0, 0.05) is 28.5 Å². The van der Waals surface area contributed by atoms with Crippen LogP contribution in [0.4, 0.5) is 0 Å². The third kappa shape index (κ3) is 3.12. The van der Waals surface area contributed by atoms with Crippen LogP contribution in [-0.4, -0.2) is 23.4 Å². The van der Waals surface area contributed by atoms with E-state index in [2.05, 4.69) is 15.9 Å². The number of nitrogens with zero attached hydrogens (tertiary/aromatic N) is 1. The number of nitrogens with two attached hydrogens (primary N) is 1. The minimum absolute atomic E-state index is 0.0711. The molecule has 1 saturated heterocycles. The molecule has 0 spiro atoms. The average Bonchev–Trinajstić information content (AvgIpc) is 2.51. The Balaban J connectivity index is 2.47. The van der Waals surface area contributed by atoms with Crippen molar-refractivity contribution in [3.63, 3.8) is 0 Å². The van der Waals surface area contributed by atoms with Gasteiger partial charge in [0.1, 0.15) is 0 Å². The van der Waals surface area contributed by atoms with E-state index in [1.54, 1.807) is 0 Å². The van der Waals surface area contributed by atoms with E-state index in [9.17, 15) is 4.79 Å². The summed E-state index contributed by atoms with van der Waals surface area (Å²) in [6.45, 7) is 2.63. The van der Waals surface area contributed by atoms with Crippen LogP contribution < -0.4 is 5.73 Å². The largest absolute Gasteiger partial charge is 0.334 e. The first-order chi connectivity index (χ1) is 9.04. The monoisotopic (exact) mass is 344 g/mol. The summed E-state index contributed by atoms with van der Waals surface area (Å²) in [7, 11) is 0. The molecule has 1 aromatic rings. The van der Waals surface area contributed by atoms with Crippen molar-refractivity contribution in [2.45, 2.75) is 38.3 Å². The Morgan fingerprint density at radius 3 is 2.95 bits per heavy atom. The van der Waals surface area contributed by atoms with E-state index in [1.807, 2.05) is 30.0 Å².